The summed E-state index contributed by atoms with van der Waals surface area (Å²) in [6, 6.07) is 7.84. The van der Waals surface area contributed by atoms with Crippen LogP contribution < -0.4 is 4.74 Å². The zero-order valence-corrected chi connectivity index (χ0v) is 16.2. The van der Waals surface area contributed by atoms with Crippen LogP contribution in [0.15, 0.2) is 28.7 Å². The molecule has 1 saturated carbocycles. The standard InChI is InChI=1S/C21H25NO5/c1-13-14(2)27-15(3)20(13)21(24)26-12-19(23)22(17-7-8-17)11-16-5-9-18(25-4)10-6-16/h5-6,9-10,17H,7-8,11-12H2,1-4H3. The van der Waals surface area contributed by atoms with Gasteiger partial charge in [-0.3, -0.25) is 4.79 Å². The molecule has 27 heavy (non-hydrogen) atoms. The highest BCUT2D eigenvalue weighted by Crippen LogP contribution is 2.29. The van der Waals surface area contributed by atoms with Gasteiger partial charge in [0.25, 0.3) is 5.91 Å². The van der Waals surface area contributed by atoms with Gasteiger partial charge in [0, 0.05) is 18.2 Å². The summed E-state index contributed by atoms with van der Waals surface area (Å²) >= 11 is 0. The molecule has 1 aliphatic carbocycles. The topological polar surface area (TPSA) is 69.0 Å². The zero-order valence-electron chi connectivity index (χ0n) is 16.2. The summed E-state index contributed by atoms with van der Waals surface area (Å²) < 4.78 is 15.9. The molecular weight excluding hydrogens is 346 g/mol. The molecule has 1 aromatic heterocycles. The van der Waals surface area contributed by atoms with Crippen molar-refractivity contribution in [2.75, 3.05) is 13.7 Å². The molecule has 1 amide bonds. The Morgan fingerprint density at radius 2 is 1.78 bits per heavy atom. The maximum absolute atomic E-state index is 12.7. The molecule has 1 fully saturated rings. The Balaban J connectivity index is 1.62. The summed E-state index contributed by atoms with van der Waals surface area (Å²) in [6.07, 6.45) is 1.96. The van der Waals surface area contributed by atoms with Crippen molar-refractivity contribution in [3.05, 3.63) is 52.5 Å². The van der Waals surface area contributed by atoms with Crippen LogP contribution in [0.4, 0.5) is 0 Å². The lowest BCUT2D eigenvalue weighted by atomic mass is 10.1. The molecule has 0 spiro atoms. The van der Waals surface area contributed by atoms with Gasteiger partial charge in [-0.25, -0.2) is 4.79 Å². The van der Waals surface area contributed by atoms with Crippen LogP contribution in [0.2, 0.25) is 0 Å². The summed E-state index contributed by atoms with van der Waals surface area (Å²) in [5, 5.41) is 0. The van der Waals surface area contributed by atoms with Gasteiger partial charge in [0.15, 0.2) is 6.61 Å². The largest absolute Gasteiger partial charge is 0.497 e. The minimum absolute atomic E-state index is 0.183. The van der Waals surface area contributed by atoms with E-state index in [0.29, 0.717) is 23.6 Å². The number of rotatable bonds is 7. The van der Waals surface area contributed by atoms with Gasteiger partial charge in [-0.2, -0.15) is 0 Å². The number of hydrogen-bond donors (Lipinski definition) is 0. The Labute approximate surface area is 159 Å². The fourth-order valence-electron chi connectivity index (χ4n) is 3.11. The lowest BCUT2D eigenvalue weighted by Gasteiger charge is -2.22. The normalized spacial score (nSPS) is 13.3. The predicted octanol–water partition coefficient (Wildman–Crippen LogP) is 3.56. The first kappa shape index (κ1) is 19.0. The minimum atomic E-state index is -0.518. The number of carbonyl (C=O) groups excluding carboxylic acids is 2. The summed E-state index contributed by atoms with van der Waals surface area (Å²) in [6.45, 7) is 5.56. The first-order valence-corrected chi connectivity index (χ1v) is 9.06. The van der Waals surface area contributed by atoms with Gasteiger partial charge in [-0.15, -0.1) is 0 Å². The lowest BCUT2D eigenvalue weighted by molar-refractivity contribution is -0.135. The molecule has 0 aliphatic heterocycles. The van der Waals surface area contributed by atoms with Gasteiger partial charge in [-0.1, -0.05) is 12.1 Å². The van der Waals surface area contributed by atoms with E-state index in [1.165, 1.54) is 0 Å². The Hall–Kier alpha value is -2.76. The summed E-state index contributed by atoms with van der Waals surface area (Å²) in [5.74, 6) is 1.27. The highest BCUT2D eigenvalue weighted by molar-refractivity contribution is 5.94. The fourth-order valence-corrected chi connectivity index (χ4v) is 3.11. The maximum atomic E-state index is 12.7. The van der Waals surface area contributed by atoms with E-state index in [2.05, 4.69) is 0 Å². The zero-order chi connectivity index (χ0) is 19.6. The second-order valence-electron chi connectivity index (χ2n) is 6.89. The van der Waals surface area contributed by atoms with Crippen molar-refractivity contribution in [1.29, 1.82) is 0 Å². The van der Waals surface area contributed by atoms with Gasteiger partial charge >= 0.3 is 5.97 Å². The van der Waals surface area contributed by atoms with E-state index in [1.807, 2.05) is 31.2 Å². The third-order valence-electron chi connectivity index (χ3n) is 4.91. The molecule has 0 saturated heterocycles. The molecule has 1 heterocycles. The molecule has 0 atom stereocenters. The Morgan fingerprint density at radius 1 is 1.11 bits per heavy atom. The van der Waals surface area contributed by atoms with Crippen LogP contribution in [0.5, 0.6) is 5.75 Å². The monoisotopic (exact) mass is 371 g/mol. The smallest absolute Gasteiger partial charge is 0.342 e. The van der Waals surface area contributed by atoms with Crippen molar-refractivity contribution < 1.29 is 23.5 Å². The molecule has 1 aliphatic rings. The summed E-state index contributed by atoms with van der Waals surface area (Å²) in [7, 11) is 1.62. The van der Waals surface area contributed by atoms with E-state index < -0.39 is 5.97 Å². The minimum Gasteiger partial charge on any atom is -0.497 e. The number of amides is 1. The molecule has 6 nitrogen and oxygen atoms in total. The maximum Gasteiger partial charge on any atom is 0.342 e. The van der Waals surface area contributed by atoms with Crippen LogP contribution >= 0.6 is 0 Å². The van der Waals surface area contributed by atoms with Gasteiger partial charge in [0.05, 0.1) is 7.11 Å². The molecule has 0 bridgehead atoms. The van der Waals surface area contributed by atoms with Gasteiger partial charge in [-0.05, 0) is 51.3 Å². The summed E-state index contributed by atoms with van der Waals surface area (Å²) in [5.41, 5.74) is 2.18. The number of hydrogen-bond acceptors (Lipinski definition) is 5. The van der Waals surface area contributed by atoms with Crippen molar-refractivity contribution in [1.82, 2.24) is 4.90 Å². The molecule has 1 aromatic carbocycles. The SMILES string of the molecule is COc1ccc(CN(C(=O)COC(=O)c2c(C)oc(C)c2C)C2CC2)cc1. The first-order valence-electron chi connectivity index (χ1n) is 9.06. The third-order valence-corrected chi connectivity index (χ3v) is 4.91. The van der Waals surface area contributed by atoms with Crippen molar-refractivity contribution in [3.63, 3.8) is 0 Å². The van der Waals surface area contributed by atoms with Crippen molar-refractivity contribution in [2.24, 2.45) is 0 Å². The Bertz CT molecular complexity index is 833. The van der Waals surface area contributed by atoms with Crippen LogP contribution in [-0.4, -0.2) is 36.5 Å². The number of benzene rings is 1. The van der Waals surface area contributed by atoms with E-state index in [4.69, 9.17) is 13.9 Å². The van der Waals surface area contributed by atoms with E-state index in [1.54, 1.807) is 25.9 Å². The molecule has 0 unspecified atom stereocenters. The second-order valence-corrected chi connectivity index (χ2v) is 6.89. The highest BCUT2D eigenvalue weighted by atomic mass is 16.5. The second kappa shape index (κ2) is 7.86. The van der Waals surface area contributed by atoms with Crippen LogP contribution in [0.3, 0.4) is 0 Å². The molecule has 3 rings (SSSR count). The number of furan rings is 1. The lowest BCUT2D eigenvalue weighted by Crippen LogP contribution is -2.36. The van der Waals surface area contributed by atoms with E-state index in [9.17, 15) is 9.59 Å². The predicted molar refractivity (Wildman–Crippen MR) is 99.8 cm³/mol. The molecule has 6 heteroatoms. The van der Waals surface area contributed by atoms with Crippen molar-refractivity contribution >= 4 is 11.9 Å². The van der Waals surface area contributed by atoms with E-state index in [-0.39, 0.29) is 18.6 Å². The van der Waals surface area contributed by atoms with E-state index >= 15 is 0 Å². The highest BCUT2D eigenvalue weighted by Gasteiger charge is 2.33. The van der Waals surface area contributed by atoms with Gasteiger partial charge in [0.1, 0.15) is 22.8 Å². The van der Waals surface area contributed by atoms with Crippen LogP contribution in [-0.2, 0) is 16.1 Å². The van der Waals surface area contributed by atoms with E-state index in [0.717, 1.165) is 29.7 Å². The van der Waals surface area contributed by atoms with Crippen LogP contribution in [0.1, 0.15) is 45.8 Å². The quantitative estimate of drug-likeness (QED) is 0.696. The third kappa shape index (κ3) is 4.32. The number of ether oxygens (including phenoxy) is 2. The molecular formula is C21H25NO5. The fraction of sp³-hybridized carbons (Fsp3) is 0.429. The van der Waals surface area contributed by atoms with Crippen LogP contribution in [0, 0.1) is 20.8 Å². The average Bonchev–Trinajstić information content (AvgIpc) is 3.45. The van der Waals surface area contributed by atoms with Crippen LogP contribution in [0.25, 0.3) is 0 Å². The molecule has 2 aromatic rings. The van der Waals surface area contributed by atoms with Crippen molar-refractivity contribution in [2.45, 2.75) is 46.2 Å². The number of methoxy groups -OCH3 is 1. The van der Waals surface area contributed by atoms with Crippen molar-refractivity contribution in [3.8, 4) is 5.75 Å². The number of aryl methyl sites for hydroxylation is 2. The van der Waals surface area contributed by atoms with Gasteiger partial charge < -0.3 is 18.8 Å². The number of esters is 1. The number of nitrogens with zero attached hydrogens (tertiary/aromatic N) is 1. The van der Waals surface area contributed by atoms with Gasteiger partial charge in [0.2, 0.25) is 0 Å². The first-order chi connectivity index (χ1) is 12.9. The summed E-state index contributed by atoms with van der Waals surface area (Å²) in [4.78, 5) is 26.8. The molecule has 0 radical (unpaired) electrons. The average molecular weight is 371 g/mol. The number of carbonyl (C=O) groups is 2. The molecule has 0 N–H and O–H groups in total. The molecule has 144 valence electrons. The Kier molecular flexibility index (Phi) is 5.54. The Morgan fingerprint density at radius 3 is 2.30 bits per heavy atom.